The molecule has 2 heteroatoms. The Morgan fingerprint density at radius 1 is 1.38 bits per heavy atom. The van der Waals surface area contributed by atoms with Crippen LogP contribution >= 0.6 is 0 Å². The summed E-state index contributed by atoms with van der Waals surface area (Å²) in [6.45, 7) is 4.40. The van der Waals surface area contributed by atoms with Crippen LogP contribution in [-0.2, 0) is 0 Å². The molecule has 0 amide bonds. The van der Waals surface area contributed by atoms with Gasteiger partial charge in [-0.25, -0.2) is 0 Å². The molecule has 2 unspecified atom stereocenters. The molecule has 0 saturated carbocycles. The lowest BCUT2D eigenvalue weighted by molar-refractivity contribution is 0.750. The van der Waals surface area contributed by atoms with Gasteiger partial charge in [-0.3, -0.25) is 4.99 Å². The fraction of sp³-hybridized carbons (Fsp3) is 0.833. The first-order chi connectivity index (χ1) is 3.77. The lowest BCUT2D eigenvalue weighted by Crippen LogP contribution is -1.94. The number of rotatable bonds is 1. The van der Waals surface area contributed by atoms with E-state index in [-0.39, 0.29) is 0 Å². The lowest BCUT2D eigenvalue weighted by atomic mass is 10.4. The molecule has 0 bridgehead atoms. The van der Waals surface area contributed by atoms with Gasteiger partial charge < -0.3 is 4.90 Å². The number of aliphatic imine (C=N–C) groups is 1. The molecule has 2 atom stereocenters. The highest BCUT2D eigenvalue weighted by molar-refractivity contribution is 5.59. The molecule has 46 valence electrons. The van der Waals surface area contributed by atoms with E-state index in [1.165, 1.54) is 0 Å². The summed E-state index contributed by atoms with van der Waals surface area (Å²) < 4.78 is 0. The number of nitrogens with zero attached hydrogens (tertiary/aromatic N) is 2. The molecular weight excluding hydrogens is 100 g/mol. The largest absolute Gasteiger partial charge is 0.353 e. The summed E-state index contributed by atoms with van der Waals surface area (Å²) in [6.07, 6.45) is 1.90. The molecule has 8 heavy (non-hydrogen) atoms. The van der Waals surface area contributed by atoms with Gasteiger partial charge in [0.1, 0.15) is 0 Å². The molecule has 0 spiro atoms. The van der Waals surface area contributed by atoms with Crippen LogP contribution in [0.2, 0.25) is 0 Å². The monoisotopic (exact) mass is 112 g/mol. The third kappa shape index (κ3) is 0.703. The average molecular weight is 112 g/mol. The summed E-state index contributed by atoms with van der Waals surface area (Å²) in [6, 6.07) is 1.44. The first kappa shape index (κ1) is 5.60. The van der Waals surface area contributed by atoms with Crippen molar-refractivity contribution < 1.29 is 0 Å². The zero-order valence-electron chi connectivity index (χ0n) is 5.63. The second-order valence-electron chi connectivity index (χ2n) is 2.30. The molecule has 1 rings (SSSR count). The molecular formula is C6H12N2. The van der Waals surface area contributed by atoms with Gasteiger partial charge in [0, 0.05) is 19.1 Å². The third-order valence-corrected chi connectivity index (χ3v) is 1.80. The van der Waals surface area contributed by atoms with Crippen molar-refractivity contribution in [3.63, 3.8) is 0 Å². The number of hydrogen-bond donors (Lipinski definition) is 0. The zero-order chi connectivity index (χ0) is 6.15. The topological polar surface area (TPSA) is 15.4 Å². The molecule has 0 radical (unpaired) electrons. The maximum atomic E-state index is 3.90. The van der Waals surface area contributed by atoms with Crippen LogP contribution in [-0.4, -0.2) is 30.4 Å². The third-order valence-electron chi connectivity index (χ3n) is 1.80. The average Bonchev–Trinajstić information content (AvgIpc) is 2.25. The van der Waals surface area contributed by atoms with Gasteiger partial charge in [0.05, 0.1) is 6.34 Å². The molecule has 2 nitrogen and oxygen atoms in total. The quantitative estimate of drug-likeness (QED) is 0.277. The second-order valence-corrected chi connectivity index (χ2v) is 2.30. The van der Waals surface area contributed by atoms with Gasteiger partial charge in [0.15, 0.2) is 0 Å². The molecule has 1 heterocycles. The Kier molecular flexibility index (Phi) is 1.24. The Morgan fingerprint density at radius 2 is 1.88 bits per heavy atom. The summed E-state index contributed by atoms with van der Waals surface area (Å²) in [5.41, 5.74) is 0. The fourth-order valence-corrected chi connectivity index (χ4v) is 0.875. The highest BCUT2D eigenvalue weighted by Gasteiger charge is 2.36. The van der Waals surface area contributed by atoms with Crippen molar-refractivity contribution in [3.05, 3.63) is 0 Å². The highest BCUT2D eigenvalue weighted by atomic mass is 15.3. The van der Waals surface area contributed by atoms with Crippen molar-refractivity contribution in [2.75, 3.05) is 7.05 Å². The molecule has 0 aromatic carbocycles. The van der Waals surface area contributed by atoms with Gasteiger partial charge in [-0.15, -0.1) is 0 Å². The van der Waals surface area contributed by atoms with Crippen molar-refractivity contribution in [1.82, 2.24) is 4.90 Å². The molecule has 1 fully saturated rings. The Hall–Kier alpha value is -0.530. The first-order valence-electron chi connectivity index (χ1n) is 2.97. The Bertz CT molecular complexity index is 101. The van der Waals surface area contributed by atoms with Crippen LogP contribution in [0.1, 0.15) is 13.8 Å². The van der Waals surface area contributed by atoms with Crippen molar-refractivity contribution in [3.8, 4) is 0 Å². The molecule has 0 N–H and O–H groups in total. The second kappa shape index (κ2) is 1.77. The van der Waals surface area contributed by atoms with Gasteiger partial charge >= 0.3 is 0 Å². The van der Waals surface area contributed by atoms with Crippen LogP contribution in [0.15, 0.2) is 4.99 Å². The number of hydrogen-bond acceptors (Lipinski definition) is 1. The van der Waals surface area contributed by atoms with Crippen molar-refractivity contribution in [1.29, 1.82) is 0 Å². The summed E-state index contributed by atoms with van der Waals surface area (Å²) in [4.78, 5) is 6.12. The van der Waals surface area contributed by atoms with Gasteiger partial charge in [-0.1, -0.05) is 0 Å². The van der Waals surface area contributed by atoms with E-state index in [9.17, 15) is 0 Å². The maximum Gasteiger partial charge on any atom is 0.0852 e. The molecule has 0 aromatic heterocycles. The van der Waals surface area contributed by atoms with Crippen LogP contribution < -0.4 is 0 Å². The zero-order valence-corrected chi connectivity index (χ0v) is 5.63. The maximum absolute atomic E-state index is 3.90. The van der Waals surface area contributed by atoms with Gasteiger partial charge in [-0.2, -0.15) is 0 Å². The van der Waals surface area contributed by atoms with E-state index < -0.39 is 0 Å². The summed E-state index contributed by atoms with van der Waals surface area (Å²) >= 11 is 0. The van der Waals surface area contributed by atoms with Crippen molar-refractivity contribution in [2.24, 2.45) is 4.99 Å². The molecule has 1 aliphatic heterocycles. The SMILES string of the molecule is CN=CN1C(C)C1C. The minimum absolute atomic E-state index is 0.721. The van der Waals surface area contributed by atoms with Gasteiger partial charge in [0.25, 0.3) is 0 Å². The summed E-state index contributed by atoms with van der Waals surface area (Å²) in [5, 5.41) is 0. The van der Waals surface area contributed by atoms with Crippen molar-refractivity contribution in [2.45, 2.75) is 25.9 Å². The molecule has 0 aliphatic carbocycles. The van der Waals surface area contributed by atoms with Crippen LogP contribution in [0, 0.1) is 0 Å². The molecule has 1 aliphatic rings. The standard InChI is InChI=1S/C6H12N2/c1-5-6(2)8(5)4-7-3/h4-6H,1-3H3. The van der Waals surface area contributed by atoms with Crippen LogP contribution in [0.5, 0.6) is 0 Å². The Morgan fingerprint density at radius 3 is 2.00 bits per heavy atom. The fourth-order valence-electron chi connectivity index (χ4n) is 0.875. The van der Waals surface area contributed by atoms with E-state index in [2.05, 4.69) is 23.7 Å². The predicted octanol–water partition coefficient (Wildman–Crippen LogP) is 0.737. The van der Waals surface area contributed by atoms with Gasteiger partial charge in [0.2, 0.25) is 0 Å². The predicted molar refractivity (Wildman–Crippen MR) is 35.2 cm³/mol. The van der Waals surface area contributed by atoms with E-state index in [4.69, 9.17) is 0 Å². The molecule has 1 saturated heterocycles. The Balaban J connectivity index is 2.33. The summed E-state index contributed by atoms with van der Waals surface area (Å²) in [5.74, 6) is 0. The smallest absolute Gasteiger partial charge is 0.0852 e. The highest BCUT2D eigenvalue weighted by Crippen LogP contribution is 2.23. The summed E-state index contributed by atoms with van der Waals surface area (Å²) in [7, 11) is 1.80. The van der Waals surface area contributed by atoms with E-state index in [1.54, 1.807) is 7.05 Å². The van der Waals surface area contributed by atoms with Crippen LogP contribution in [0.4, 0.5) is 0 Å². The van der Waals surface area contributed by atoms with E-state index in [0.29, 0.717) is 0 Å². The van der Waals surface area contributed by atoms with Crippen LogP contribution in [0.3, 0.4) is 0 Å². The molecule has 0 aromatic rings. The Labute approximate surface area is 50.2 Å². The van der Waals surface area contributed by atoms with Crippen molar-refractivity contribution >= 4 is 6.34 Å². The van der Waals surface area contributed by atoms with Gasteiger partial charge in [-0.05, 0) is 13.8 Å². The first-order valence-corrected chi connectivity index (χ1v) is 2.97. The lowest BCUT2D eigenvalue weighted by Gasteiger charge is -1.87. The van der Waals surface area contributed by atoms with E-state index >= 15 is 0 Å². The van der Waals surface area contributed by atoms with Crippen LogP contribution in [0.25, 0.3) is 0 Å². The minimum Gasteiger partial charge on any atom is -0.353 e. The van der Waals surface area contributed by atoms with E-state index in [1.807, 2.05) is 6.34 Å². The minimum atomic E-state index is 0.721. The van der Waals surface area contributed by atoms with E-state index in [0.717, 1.165) is 12.1 Å². The normalized spacial score (nSPS) is 36.6.